The highest BCUT2D eigenvalue weighted by Crippen LogP contribution is 2.38. The number of hydrogen-bond donors (Lipinski definition) is 3. The van der Waals surface area contributed by atoms with Gasteiger partial charge in [0.2, 0.25) is 0 Å². The van der Waals surface area contributed by atoms with Gasteiger partial charge in [0.25, 0.3) is 0 Å². The van der Waals surface area contributed by atoms with Crippen LogP contribution in [0.5, 0.6) is 5.75 Å². The third kappa shape index (κ3) is 1.60. The molecule has 0 bridgehead atoms. The molecular formula is C13H13NO4. The van der Waals surface area contributed by atoms with Gasteiger partial charge in [-0.2, -0.15) is 0 Å². The van der Waals surface area contributed by atoms with Gasteiger partial charge in [0.15, 0.2) is 11.9 Å². The number of ether oxygens (including phenoxy) is 1. The van der Waals surface area contributed by atoms with Crippen molar-refractivity contribution in [3.8, 4) is 5.75 Å². The standard InChI is InChI=1S/C13H13NO4/c15-5-7-1-2-12-9(3-7)14-10-4-11(17)8(6-16)13(10)18-12/h1-4,8,13-16H,5-6H2/t8-,13-/m0/s1. The van der Waals surface area contributed by atoms with Crippen molar-refractivity contribution >= 4 is 11.5 Å². The molecule has 3 N–H and O–H groups in total. The summed E-state index contributed by atoms with van der Waals surface area (Å²) in [5.41, 5.74) is 2.17. The number of anilines is 1. The number of carbonyl (C=O) groups excluding carboxylic acids is 1. The number of nitrogens with one attached hydrogen (secondary N) is 1. The molecule has 0 aromatic heterocycles. The van der Waals surface area contributed by atoms with Crippen LogP contribution in [0.1, 0.15) is 5.56 Å². The Labute approximate surface area is 104 Å². The average molecular weight is 247 g/mol. The van der Waals surface area contributed by atoms with Crippen LogP contribution in [0.25, 0.3) is 0 Å². The fourth-order valence-corrected chi connectivity index (χ4v) is 2.32. The topological polar surface area (TPSA) is 78.8 Å². The zero-order valence-corrected chi connectivity index (χ0v) is 9.59. The quantitative estimate of drug-likeness (QED) is 0.706. The number of fused-ring (bicyclic) bond motifs is 2. The Kier molecular flexibility index (Phi) is 2.57. The van der Waals surface area contributed by atoms with E-state index in [1.807, 2.05) is 0 Å². The summed E-state index contributed by atoms with van der Waals surface area (Å²) in [6, 6.07) is 5.30. The first-order chi connectivity index (χ1) is 8.72. The maximum atomic E-state index is 11.6. The summed E-state index contributed by atoms with van der Waals surface area (Å²) >= 11 is 0. The second kappa shape index (κ2) is 4.12. The van der Waals surface area contributed by atoms with E-state index in [0.717, 1.165) is 11.3 Å². The fraction of sp³-hybridized carbons (Fsp3) is 0.308. The third-order valence-corrected chi connectivity index (χ3v) is 3.29. The Bertz CT molecular complexity index is 538. The molecule has 1 aliphatic heterocycles. The molecule has 2 atom stereocenters. The molecule has 1 aliphatic carbocycles. The Morgan fingerprint density at radius 1 is 1.33 bits per heavy atom. The van der Waals surface area contributed by atoms with E-state index in [0.29, 0.717) is 11.4 Å². The van der Waals surface area contributed by atoms with Crippen LogP contribution in [-0.2, 0) is 11.4 Å². The lowest BCUT2D eigenvalue weighted by molar-refractivity contribution is -0.120. The smallest absolute Gasteiger partial charge is 0.167 e. The summed E-state index contributed by atoms with van der Waals surface area (Å²) in [7, 11) is 0. The van der Waals surface area contributed by atoms with Crippen molar-refractivity contribution in [2.45, 2.75) is 12.7 Å². The predicted molar refractivity (Wildman–Crippen MR) is 64.1 cm³/mol. The van der Waals surface area contributed by atoms with Crippen LogP contribution in [-0.4, -0.2) is 28.7 Å². The van der Waals surface area contributed by atoms with Crippen molar-refractivity contribution in [3.63, 3.8) is 0 Å². The monoisotopic (exact) mass is 247 g/mol. The van der Waals surface area contributed by atoms with E-state index in [4.69, 9.17) is 9.84 Å². The molecule has 0 saturated heterocycles. The van der Waals surface area contributed by atoms with Gasteiger partial charge in [-0.3, -0.25) is 4.79 Å². The molecule has 18 heavy (non-hydrogen) atoms. The highest BCUT2D eigenvalue weighted by molar-refractivity contribution is 5.97. The predicted octanol–water partition coefficient (Wildman–Crippen LogP) is 0.427. The van der Waals surface area contributed by atoms with Gasteiger partial charge in [-0.05, 0) is 17.7 Å². The van der Waals surface area contributed by atoms with Crippen LogP contribution in [0.2, 0.25) is 0 Å². The van der Waals surface area contributed by atoms with Crippen molar-refractivity contribution in [1.82, 2.24) is 0 Å². The molecule has 0 saturated carbocycles. The molecule has 1 aromatic rings. The van der Waals surface area contributed by atoms with Gasteiger partial charge in [0.1, 0.15) is 5.75 Å². The van der Waals surface area contributed by atoms with Crippen molar-refractivity contribution in [2.24, 2.45) is 5.92 Å². The average Bonchev–Trinajstić information content (AvgIpc) is 2.69. The zero-order valence-electron chi connectivity index (χ0n) is 9.59. The number of aliphatic hydroxyl groups is 2. The lowest BCUT2D eigenvalue weighted by Gasteiger charge is -2.29. The van der Waals surface area contributed by atoms with Crippen LogP contribution < -0.4 is 10.1 Å². The molecule has 1 aromatic carbocycles. The molecule has 0 unspecified atom stereocenters. The normalized spacial score (nSPS) is 24.8. The molecule has 0 amide bonds. The van der Waals surface area contributed by atoms with E-state index in [1.165, 1.54) is 6.08 Å². The van der Waals surface area contributed by atoms with Gasteiger partial charge in [0, 0.05) is 6.08 Å². The van der Waals surface area contributed by atoms with Crippen molar-refractivity contribution in [2.75, 3.05) is 11.9 Å². The second-order valence-corrected chi connectivity index (χ2v) is 4.44. The summed E-state index contributed by atoms with van der Waals surface area (Å²) in [4.78, 5) is 11.6. The number of hydrogen-bond acceptors (Lipinski definition) is 5. The third-order valence-electron chi connectivity index (χ3n) is 3.29. The Hall–Kier alpha value is -1.85. The van der Waals surface area contributed by atoms with Gasteiger partial charge < -0.3 is 20.3 Å². The molecule has 2 aliphatic rings. The number of carbonyl (C=O) groups is 1. The van der Waals surface area contributed by atoms with Crippen LogP contribution in [0.15, 0.2) is 30.0 Å². The van der Waals surface area contributed by atoms with Crippen LogP contribution in [0.4, 0.5) is 5.69 Å². The first-order valence-electron chi connectivity index (χ1n) is 5.76. The molecular weight excluding hydrogens is 234 g/mol. The second-order valence-electron chi connectivity index (χ2n) is 4.44. The maximum Gasteiger partial charge on any atom is 0.167 e. The number of benzene rings is 1. The fourth-order valence-electron chi connectivity index (χ4n) is 2.32. The van der Waals surface area contributed by atoms with E-state index in [9.17, 15) is 9.90 Å². The summed E-state index contributed by atoms with van der Waals surface area (Å²) in [6.07, 6.45) is 1.04. The largest absolute Gasteiger partial charge is 0.481 e. The Morgan fingerprint density at radius 3 is 2.89 bits per heavy atom. The number of rotatable bonds is 2. The van der Waals surface area contributed by atoms with Crippen LogP contribution >= 0.6 is 0 Å². The van der Waals surface area contributed by atoms with Crippen LogP contribution in [0, 0.1) is 5.92 Å². The molecule has 94 valence electrons. The first-order valence-corrected chi connectivity index (χ1v) is 5.76. The lowest BCUT2D eigenvalue weighted by Crippen LogP contribution is -2.35. The van der Waals surface area contributed by atoms with Crippen molar-refractivity contribution in [3.05, 3.63) is 35.5 Å². The molecule has 3 rings (SSSR count). The SMILES string of the molecule is O=C1C=C2Nc3cc(CO)ccc3O[C@H]2[C@H]1CO. The highest BCUT2D eigenvalue weighted by atomic mass is 16.5. The van der Waals surface area contributed by atoms with E-state index in [2.05, 4.69) is 5.32 Å². The van der Waals surface area contributed by atoms with Gasteiger partial charge in [-0.25, -0.2) is 0 Å². The summed E-state index contributed by atoms with van der Waals surface area (Å²) in [5.74, 6) is -0.0270. The number of aliphatic hydroxyl groups excluding tert-OH is 2. The van der Waals surface area contributed by atoms with Crippen LogP contribution in [0.3, 0.4) is 0 Å². The summed E-state index contributed by atoms with van der Waals surface area (Å²) in [5, 5.41) is 21.4. The first kappa shape index (κ1) is 11.3. The number of ketones is 1. The molecule has 0 radical (unpaired) electrons. The zero-order chi connectivity index (χ0) is 12.7. The van der Waals surface area contributed by atoms with E-state index in [1.54, 1.807) is 18.2 Å². The maximum absolute atomic E-state index is 11.6. The van der Waals surface area contributed by atoms with E-state index < -0.39 is 12.0 Å². The Morgan fingerprint density at radius 2 is 2.17 bits per heavy atom. The van der Waals surface area contributed by atoms with Crippen molar-refractivity contribution in [1.29, 1.82) is 0 Å². The molecule has 5 nitrogen and oxygen atoms in total. The van der Waals surface area contributed by atoms with Gasteiger partial charge in [-0.1, -0.05) is 6.07 Å². The van der Waals surface area contributed by atoms with Gasteiger partial charge in [-0.15, -0.1) is 0 Å². The minimum Gasteiger partial charge on any atom is -0.481 e. The molecule has 1 heterocycles. The molecule has 0 spiro atoms. The minimum atomic E-state index is -0.529. The lowest BCUT2D eigenvalue weighted by atomic mass is 10.0. The molecule has 0 fully saturated rings. The highest BCUT2D eigenvalue weighted by Gasteiger charge is 2.40. The van der Waals surface area contributed by atoms with E-state index in [-0.39, 0.29) is 19.0 Å². The van der Waals surface area contributed by atoms with Gasteiger partial charge in [0.05, 0.1) is 30.5 Å². The van der Waals surface area contributed by atoms with Crippen molar-refractivity contribution < 1.29 is 19.7 Å². The minimum absolute atomic E-state index is 0.0460. The summed E-state index contributed by atoms with van der Waals surface area (Å²) < 4.78 is 5.74. The van der Waals surface area contributed by atoms with Gasteiger partial charge >= 0.3 is 0 Å². The molecule has 5 heteroatoms. The van der Waals surface area contributed by atoms with E-state index >= 15 is 0 Å². The number of allylic oxidation sites excluding steroid dienone is 1. The Balaban J connectivity index is 1.96. The summed E-state index contributed by atoms with van der Waals surface area (Å²) in [6.45, 7) is -0.273.